The van der Waals surface area contributed by atoms with E-state index in [1.54, 1.807) is 25.1 Å². The van der Waals surface area contributed by atoms with Crippen molar-refractivity contribution >= 4 is 17.5 Å². The third kappa shape index (κ3) is 4.38. The number of carbonyl (C=O) groups is 1. The van der Waals surface area contributed by atoms with Gasteiger partial charge in [0, 0.05) is 12.2 Å². The molecule has 132 valence electrons. The summed E-state index contributed by atoms with van der Waals surface area (Å²) in [5.74, 6) is -1.12. The molecule has 0 radical (unpaired) electrons. The second-order valence-corrected chi connectivity index (χ2v) is 5.63. The Kier molecular flexibility index (Phi) is 5.17. The topological polar surface area (TPSA) is 66.9 Å². The minimum atomic E-state index is -0.537. The number of rotatable bonds is 5. The summed E-state index contributed by atoms with van der Waals surface area (Å²) in [5.41, 5.74) is 1.62. The number of hydrogen-bond donors (Lipinski definition) is 2. The maximum atomic E-state index is 13.7. The quantitative estimate of drug-likeness (QED) is 0.729. The lowest BCUT2D eigenvalue weighted by Gasteiger charge is -2.09. The molecule has 1 aromatic heterocycles. The van der Waals surface area contributed by atoms with E-state index in [-0.39, 0.29) is 23.1 Å². The molecule has 0 atom stereocenters. The number of nitrogens with zero attached hydrogens (tertiary/aromatic N) is 2. The fraction of sp³-hybridized carbons (Fsp3) is 0.105. The largest absolute Gasteiger partial charge is 0.350 e. The van der Waals surface area contributed by atoms with Crippen LogP contribution in [0.15, 0.2) is 54.6 Å². The predicted octanol–water partition coefficient (Wildman–Crippen LogP) is 3.93. The Morgan fingerprint density at radius 2 is 1.77 bits per heavy atom. The SMILES string of the molecule is Cc1cc(C(=O)Nc2ccccc2F)nc(NCc2ccc(F)cc2)n1. The van der Waals surface area contributed by atoms with Crippen LogP contribution in [-0.2, 0) is 6.54 Å². The lowest BCUT2D eigenvalue weighted by Crippen LogP contribution is -2.16. The van der Waals surface area contributed by atoms with Gasteiger partial charge in [0.05, 0.1) is 5.69 Å². The number of para-hydroxylation sites is 1. The fourth-order valence-electron chi connectivity index (χ4n) is 2.30. The number of amides is 1. The molecule has 2 aromatic carbocycles. The summed E-state index contributed by atoms with van der Waals surface area (Å²) >= 11 is 0. The molecule has 0 saturated carbocycles. The zero-order valence-electron chi connectivity index (χ0n) is 14.0. The van der Waals surface area contributed by atoms with E-state index in [0.29, 0.717) is 12.2 Å². The lowest BCUT2D eigenvalue weighted by atomic mass is 10.2. The molecule has 2 N–H and O–H groups in total. The molecule has 0 aliphatic carbocycles. The van der Waals surface area contributed by atoms with Gasteiger partial charge in [0.25, 0.3) is 5.91 Å². The molecule has 0 bridgehead atoms. The number of hydrogen-bond acceptors (Lipinski definition) is 4. The molecule has 0 fully saturated rings. The molecule has 5 nitrogen and oxygen atoms in total. The summed E-state index contributed by atoms with van der Waals surface area (Å²) in [6, 6.07) is 13.4. The first-order valence-corrected chi connectivity index (χ1v) is 7.91. The number of nitrogens with one attached hydrogen (secondary N) is 2. The van der Waals surface area contributed by atoms with Gasteiger partial charge in [-0.3, -0.25) is 4.79 Å². The smallest absolute Gasteiger partial charge is 0.274 e. The van der Waals surface area contributed by atoms with Crippen molar-refractivity contribution in [2.45, 2.75) is 13.5 Å². The van der Waals surface area contributed by atoms with Crippen LogP contribution in [0.3, 0.4) is 0 Å². The molecule has 0 saturated heterocycles. The second kappa shape index (κ2) is 7.69. The summed E-state index contributed by atoms with van der Waals surface area (Å²) in [4.78, 5) is 20.7. The Labute approximate surface area is 149 Å². The van der Waals surface area contributed by atoms with E-state index in [1.807, 2.05) is 0 Å². The van der Waals surface area contributed by atoms with Gasteiger partial charge < -0.3 is 10.6 Å². The summed E-state index contributed by atoms with van der Waals surface area (Å²) in [6.07, 6.45) is 0. The molecular formula is C19H16F2N4O. The third-order valence-corrected chi connectivity index (χ3v) is 3.57. The van der Waals surface area contributed by atoms with Crippen LogP contribution in [0.25, 0.3) is 0 Å². The van der Waals surface area contributed by atoms with Crippen molar-refractivity contribution in [3.05, 3.63) is 83.2 Å². The van der Waals surface area contributed by atoms with Crippen molar-refractivity contribution in [2.75, 3.05) is 10.6 Å². The number of carbonyl (C=O) groups excluding carboxylic acids is 1. The maximum Gasteiger partial charge on any atom is 0.274 e. The monoisotopic (exact) mass is 354 g/mol. The highest BCUT2D eigenvalue weighted by atomic mass is 19.1. The summed E-state index contributed by atoms with van der Waals surface area (Å²) in [5, 5.41) is 5.48. The molecule has 0 spiro atoms. The van der Waals surface area contributed by atoms with E-state index >= 15 is 0 Å². The summed E-state index contributed by atoms with van der Waals surface area (Å²) in [6.45, 7) is 2.10. The van der Waals surface area contributed by atoms with Gasteiger partial charge in [-0.05, 0) is 42.8 Å². The normalized spacial score (nSPS) is 10.4. The number of halogens is 2. The first-order chi connectivity index (χ1) is 12.5. The van der Waals surface area contributed by atoms with E-state index in [1.165, 1.54) is 36.4 Å². The average molecular weight is 354 g/mol. The van der Waals surface area contributed by atoms with Crippen LogP contribution >= 0.6 is 0 Å². The maximum absolute atomic E-state index is 13.7. The molecule has 26 heavy (non-hydrogen) atoms. The predicted molar refractivity (Wildman–Crippen MR) is 94.8 cm³/mol. The zero-order chi connectivity index (χ0) is 18.5. The zero-order valence-corrected chi connectivity index (χ0v) is 14.0. The van der Waals surface area contributed by atoms with Crippen LogP contribution in [0.1, 0.15) is 21.7 Å². The Hall–Kier alpha value is -3.35. The van der Waals surface area contributed by atoms with E-state index in [4.69, 9.17) is 0 Å². The number of benzene rings is 2. The van der Waals surface area contributed by atoms with Crippen LogP contribution in [0.2, 0.25) is 0 Å². The van der Waals surface area contributed by atoms with Gasteiger partial charge in [0.2, 0.25) is 5.95 Å². The number of anilines is 2. The average Bonchev–Trinajstić information content (AvgIpc) is 2.63. The molecular weight excluding hydrogens is 338 g/mol. The summed E-state index contributed by atoms with van der Waals surface area (Å²) < 4.78 is 26.6. The Balaban J connectivity index is 1.73. The van der Waals surface area contributed by atoms with E-state index in [9.17, 15) is 13.6 Å². The van der Waals surface area contributed by atoms with Crippen molar-refractivity contribution < 1.29 is 13.6 Å². The van der Waals surface area contributed by atoms with Gasteiger partial charge in [-0.2, -0.15) is 0 Å². The molecule has 1 heterocycles. The highest BCUT2D eigenvalue weighted by molar-refractivity contribution is 6.03. The fourth-order valence-corrected chi connectivity index (χ4v) is 2.30. The van der Waals surface area contributed by atoms with Crippen LogP contribution in [0, 0.1) is 18.6 Å². The van der Waals surface area contributed by atoms with Crippen LogP contribution in [0.4, 0.5) is 20.4 Å². The molecule has 1 amide bonds. The molecule has 3 rings (SSSR count). The number of aryl methyl sites for hydroxylation is 1. The second-order valence-electron chi connectivity index (χ2n) is 5.63. The Bertz CT molecular complexity index is 929. The van der Waals surface area contributed by atoms with Crippen LogP contribution < -0.4 is 10.6 Å². The van der Waals surface area contributed by atoms with Crippen molar-refractivity contribution in [1.82, 2.24) is 9.97 Å². The van der Waals surface area contributed by atoms with Crippen LogP contribution in [-0.4, -0.2) is 15.9 Å². The first-order valence-electron chi connectivity index (χ1n) is 7.91. The number of aromatic nitrogens is 2. The summed E-state index contributed by atoms with van der Waals surface area (Å²) in [7, 11) is 0. The van der Waals surface area contributed by atoms with Gasteiger partial charge >= 0.3 is 0 Å². The highest BCUT2D eigenvalue weighted by Crippen LogP contribution is 2.15. The van der Waals surface area contributed by atoms with Gasteiger partial charge in [0.1, 0.15) is 17.3 Å². The lowest BCUT2D eigenvalue weighted by molar-refractivity contribution is 0.102. The third-order valence-electron chi connectivity index (χ3n) is 3.57. The molecule has 3 aromatic rings. The van der Waals surface area contributed by atoms with Crippen LogP contribution in [0.5, 0.6) is 0 Å². The van der Waals surface area contributed by atoms with E-state index in [0.717, 1.165) is 5.56 Å². The van der Waals surface area contributed by atoms with Gasteiger partial charge in [0.15, 0.2) is 0 Å². The standard InChI is InChI=1S/C19H16F2N4O/c1-12-10-17(18(26)24-16-5-3-2-4-15(16)21)25-19(23-12)22-11-13-6-8-14(20)9-7-13/h2-10H,11H2,1H3,(H,24,26)(H,22,23,25). The molecule has 7 heteroatoms. The van der Waals surface area contributed by atoms with Crippen molar-refractivity contribution in [3.63, 3.8) is 0 Å². The van der Waals surface area contributed by atoms with Crippen molar-refractivity contribution in [2.24, 2.45) is 0 Å². The minimum absolute atomic E-state index is 0.0783. The van der Waals surface area contributed by atoms with Gasteiger partial charge in [-0.25, -0.2) is 18.7 Å². The van der Waals surface area contributed by atoms with E-state index in [2.05, 4.69) is 20.6 Å². The van der Waals surface area contributed by atoms with Gasteiger partial charge in [-0.15, -0.1) is 0 Å². The van der Waals surface area contributed by atoms with Crippen molar-refractivity contribution in [1.29, 1.82) is 0 Å². The first kappa shape index (κ1) is 17.5. The van der Waals surface area contributed by atoms with Gasteiger partial charge in [-0.1, -0.05) is 24.3 Å². The van der Waals surface area contributed by atoms with E-state index < -0.39 is 11.7 Å². The minimum Gasteiger partial charge on any atom is -0.350 e. The van der Waals surface area contributed by atoms with Crippen molar-refractivity contribution in [3.8, 4) is 0 Å². The highest BCUT2D eigenvalue weighted by Gasteiger charge is 2.13. The Morgan fingerprint density at radius 1 is 1.04 bits per heavy atom. The molecule has 0 unspecified atom stereocenters. The molecule has 0 aliphatic heterocycles. The molecule has 0 aliphatic rings. The Morgan fingerprint density at radius 3 is 2.50 bits per heavy atom.